The van der Waals surface area contributed by atoms with Crippen molar-refractivity contribution in [3.63, 3.8) is 0 Å². The molecule has 2 aromatic carbocycles. The average Bonchev–Trinajstić information content (AvgIpc) is 3.51. The van der Waals surface area contributed by atoms with E-state index in [1.54, 1.807) is 6.20 Å². The topological polar surface area (TPSA) is 63.1 Å². The van der Waals surface area contributed by atoms with Crippen LogP contribution in [0.3, 0.4) is 0 Å². The molecule has 1 saturated heterocycles. The van der Waals surface area contributed by atoms with Crippen LogP contribution in [0, 0.1) is 5.92 Å². The van der Waals surface area contributed by atoms with Gasteiger partial charge in [0.05, 0.1) is 29.4 Å². The molecule has 0 spiro atoms. The number of nitrogens with zero attached hydrogens (tertiary/aromatic N) is 4. The second-order valence-electron chi connectivity index (χ2n) is 9.40. The quantitative estimate of drug-likeness (QED) is 0.444. The van der Waals surface area contributed by atoms with Gasteiger partial charge in [0.15, 0.2) is 5.65 Å². The molecule has 5 rings (SSSR count). The molecule has 34 heavy (non-hydrogen) atoms. The normalized spacial score (nSPS) is 16.4. The number of fused-ring (bicyclic) bond motifs is 1. The summed E-state index contributed by atoms with van der Waals surface area (Å²) in [5, 5.41) is 8.58. The molecular formula is C28H31N5O. The Morgan fingerprint density at radius 2 is 1.82 bits per heavy atom. The summed E-state index contributed by atoms with van der Waals surface area (Å²) in [6.45, 7) is 7.88. The standard InChI is InChI=1S/C28H31N5O/c1-20(2)32-14-13-22(18-32)16-29-28(34)24-15-26(23-11-7-4-8-12-23)31-27-25(24)17-30-33(27)19-21-9-5-3-6-10-21/h3-12,15,17,20,22H,13-14,16,18-19H2,1-2H3,(H,29,34). The molecule has 0 radical (unpaired) electrons. The second-order valence-corrected chi connectivity index (χ2v) is 9.40. The molecule has 0 aliphatic carbocycles. The fourth-order valence-electron chi connectivity index (χ4n) is 4.69. The van der Waals surface area contributed by atoms with E-state index in [0.29, 0.717) is 30.6 Å². The van der Waals surface area contributed by atoms with Crippen LogP contribution in [0.5, 0.6) is 0 Å². The van der Waals surface area contributed by atoms with Crippen molar-refractivity contribution in [3.8, 4) is 11.3 Å². The van der Waals surface area contributed by atoms with E-state index in [1.807, 2.05) is 59.3 Å². The van der Waals surface area contributed by atoms with Crippen molar-refractivity contribution in [3.05, 3.63) is 84.1 Å². The van der Waals surface area contributed by atoms with Gasteiger partial charge in [0.2, 0.25) is 0 Å². The number of benzene rings is 2. The molecule has 1 atom stereocenters. The Balaban J connectivity index is 1.45. The molecule has 0 saturated carbocycles. The molecular weight excluding hydrogens is 422 g/mol. The Morgan fingerprint density at radius 3 is 2.53 bits per heavy atom. The minimum Gasteiger partial charge on any atom is -0.352 e. The van der Waals surface area contributed by atoms with Gasteiger partial charge in [-0.15, -0.1) is 0 Å². The van der Waals surface area contributed by atoms with Crippen molar-refractivity contribution < 1.29 is 4.79 Å². The van der Waals surface area contributed by atoms with Crippen molar-refractivity contribution in [2.45, 2.75) is 32.9 Å². The van der Waals surface area contributed by atoms with E-state index < -0.39 is 0 Å². The number of amides is 1. The number of aromatic nitrogens is 3. The monoisotopic (exact) mass is 453 g/mol. The molecule has 1 fully saturated rings. The maximum absolute atomic E-state index is 13.4. The predicted molar refractivity (Wildman–Crippen MR) is 136 cm³/mol. The van der Waals surface area contributed by atoms with Gasteiger partial charge in [-0.2, -0.15) is 5.10 Å². The highest BCUT2D eigenvalue weighted by atomic mass is 16.1. The van der Waals surface area contributed by atoms with Gasteiger partial charge >= 0.3 is 0 Å². The third-order valence-corrected chi connectivity index (χ3v) is 6.70. The number of hydrogen-bond acceptors (Lipinski definition) is 4. The second kappa shape index (κ2) is 9.77. The molecule has 3 heterocycles. The number of rotatable bonds is 7. The first kappa shape index (κ1) is 22.3. The first-order chi connectivity index (χ1) is 16.6. The zero-order valence-electron chi connectivity index (χ0n) is 19.8. The summed E-state index contributed by atoms with van der Waals surface area (Å²) in [6, 6.07) is 22.6. The zero-order chi connectivity index (χ0) is 23.5. The fraction of sp³-hybridized carbons (Fsp3) is 0.321. The number of pyridine rings is 1. The van der Waals surface area contributed by atoms with Crippen LogP contribution in [0.4, 0.5) is 0 Å². The van der Waals surface area contributed by atoms with Gasteiger partial charge in [0.1, 0.15) is 0 Å². The highest BCUT2D eigenvalue weighted by molar-refractivity contribution is 6.06. The van der Waals surface area contributed by atoms with Gasteiger partial charge in [0, 0.05) is 24.7 Å². The lowest BCUT2D eigenvalue weighted by Crippen LogP contribution is -2.33. The molecule has 6 heteroatoms. The molecule has 2 aromatic heterocycles. The number of hydrogen-bond donors (Lipinski definition) is 1. The highest BCUT2D eigenvalue weighted by Crippen LogP contribution is 2.26. The number of likely N-dealkylation sites (tertiary alicyclic amines) is 1. The van der Waals surface area contributed by atoms with Crippen LogP contribution in [0.15, 0.2) is 72.9 Å². The summed E-state index contributed by atoms with van der Waals surface area (Å²) in [7, 11) is 0. The minimum absolute atomic E-state index is 0.0631. The Morgan fingerprint density at radius 1 is 1.09 bits per heavy atom. The summed E-state index contributed by atoms with van der Waals surface area (Å²) in [6.07, 6.45) is 2.89. The number of carbonyl (C=O) groups excluding carboxylic acids is 1. The maximum atomic E-state index is 13.4. The Kier molecular flexibility index (Phi) is 6.41. The van der Waals surface area contributed by atoms with Crippen LogP contribution in [-0.2, 0) is 6.54 Å². The summed E-state index contributed by atoms with van der Waals surface area (Å²) in [5.41, 5.74) is 4.25. The maximum Gasteiger partial charge on any atom is 0.252 e. The molecule has 1 amide bonds. The van der Waals surface area contributed by atoms with Crippen LogP contribution in [0.2, 0.25) is 0 Å². The average molecular weight is 454 g/mol. The fourth-order valence-corrected chi connectivity index (χ4v) is 4.69. The van der Waals surface area contributed by atoms with Crippen molar-refractivity contribution >= 4 is 16.9 Å². The lowest BCUT2D eigenvalue weighted by atomic mass is 10.1. The van der Waals surface area contributed by atoms with Crippen molar-refractivity contribution in [1.82, 2.24) is 25.0 Å². The summed E-state index contributed by atoms with van der Waals surface area (Å²) >= 11 is 0. The first-order valence-corrected chi connectivity index (χ1v) is 12.1. The molecule has 1 unspecified atom stereocenters. The smallest absolute Gasteiger partial charge is 0.252 e. The predicted octanol–water partition coefficient (Wildman–Crippen LogP) is 4.61. The molecule has 1 N–H and O–H groups in total. The number of nitrogens with one attached hydrogen (secondary N) is 1. The molecule has 1 aliphatic rings. The van der Waals surface area contributed by atoms with Gasteiger partial charge in [-0.1, -0.05) is 60.7 Å². The zero-order valence-corrected chi connectivity index (χ0v) is 19.8. The van der Waals surface area contributed by atoms with Gasteiger partial charge in [0.25, 0.3) is 5.91 Å². The molecule has 174 valence electrons. The van der Waals surface area contributed by atoms with E-state index in [-0.39, 0.29) is 5.91 Å². The molecule has 4 aromatic rings. The third kappa shape index (κ3) is 4.73. The van der Waals surface area contributed by atoms with E-state index >= 15 is 0 Å². The lowest BCUT2D eigenvalue weighted by Gasteiger charge is -2.20. The summed E-state index contributed by atoms with van der Waals surface area (Å²) in [5.74, 6) is 0.421. The Bertz CT molecular complexity index is 1270. The van der Waals surface area contributed by atoms with E-state index in [2.05, 4.69) is 41.3 Å². The molecule has 6 nitrogen and oxygen atoms in total. The van der Waals surface area contributed by atoms with Gasteiger partial charge < -0.3 is 10.2 Å². The highest BCUT2D eigenvalue weighted by Gasteiger charge is 2.25. The van der Waals surface area contributed by atoms with E-state index in [1.165, 1.54) is 0 Å². The van der Waals surface area contributed by atoms with Crippen LogP contribution in [0.25, 0.3) is 22.3 Å². The Hall–Kier alpha value is -3.51. The van der Waals surface area contributed by atoms with Crippen molar-refractivity contribution in [2.75, 3.05) is 19.6 Å². The van der Waals surface area contributed by atoms with Crippen LogP contribution < -0.4 is 5.32 Å². The molecule has 1 aliphatic heterocycles. The van der Waals surface area contributed by atoms with E-state index in [0.717, 1.165) is 47.4 Å². The third-order valence-electron chi connectivity index (χ3n) is 6.70. The minimum atomic E-state index is -0.0631. The van der Waals surface area contributed by atoms with Gasteiger partial charge in [-0.05, 0) is 44.4 Å². The van der Waals surface area contributed by atoms with Crippen LogP contribution >= 0.6 is 0 Å². The molecule has 0 bridgehead atoms. The summed E-state index contributed by atoms with van der Waals surface area (Å²) < 4.78 is 1.88. The van der Waals surface area contributed by atoms with Crippen LogP contribution in [-0.4, -0.2) is 51.2 Å². The van der Waals surface area contributed by atoms with Gasteiger partial charge in [-0.25, -0.2) is 9.67 Å². The van der Waals surface area contributed by atoms with E-state index in [4.69, 9.17) is 4.98 Å². The largest absolute Gasteiger partial charge is 0.352 e. The SMILES string of the molecule is CC(C)N1CCC(CNC(=O)c2cc(-c3ccccc3)nc3c2cnn3Cc2ccccc2)C1. The number of carbonyl (C=O) groups is 1. The van der Waals surface area contributed by atoms with E-state index in [9.17, 15) is 4.79 Å². The lowest BCUT2D eigenvalue weighted by molar-refractivity contribution is 0.0948. The Labute approximate surface area is 200 Å². The summed E-state index contributed by atoms with van der Waals surface area (Å²) in [4.78, 5) is 20.8. The van der Waals surface area contributed by atoms with Crippen LogP contribution in [0.1, 0.15) is 36.2 Å². The van der Waals surface area contributed by atoms with Gasteiger partial charge in [-0.3, -0.25) is 4.79 Å². The van der Waals surface area contributed by atoms with Crippen molar-refractivity contribution in [2.24, 2.45) is 5.92 Å². The van der Waals surface area contributed by atoms with Crippen molar-refractivity contribution in [1.29, 1.82) is 0 Å². The first-order valence-electron chi connectivity index (χ1n) is 12.1.